The summed E-state index contributed by atoms with van der Waals surface area (Å²) in [6.45, 7) is -3.43. The number of esters is 1. The molecule has 3 aromatic rings. The number of hydrogen-bond acceptors (Lipinski definition) is 6. The number of amides is 1. The van der Waals surface area contributed by atoms with Gasteiger partial charge in [-0.05, 0) is 48.0 Å². The number of nitrogens with one attached hydrogen (secondary N) is 1. The zero-order chi connectivity index (χ0) is 22.2. The van der Waals surface area contributed by atoms with E-state index in [0.717, 1.165) is 6.08 Å². The molecule has 0 bridgehead atoms. The van der Waals surface area contributed by atoms with Gasteiger partial charge in [-0.3, -0.25) is 10.1 Å². The normalized spacial score (nSPS) is 11.0. The standard InChI is InChI=1S/C21H15F3N2O4S/c22-15-6-4-14(5-7-15)17-12-31-21(25-17)26-18(27)11-29-19(28)10-3-13-1-8-16(9-2-13)30-20(23)24/h1-10,12,20H,11H2,(H,25,26,27)/b10-3+. The van der Waals surface area contributed by atoms with Gasteiger partial charge in [0.05, 0.1) is 5.69 Å². The largest absolute Gasteiger partial charge is 0.452 e. The molecule has 1 amide bonds. The number of ether oxygens (including phenoxy) is 2. The number of thiazole rings is 1. The highest BCUT2D eigenvalue weighted by Crippen LogP contribution is 2.25. The summed E-state index contributed by atoms with van der Waals surface area (Å²) < 4.78 is 46.3. The van der Waals surface area contributed by atoms with Crippen molar-refractivity contribution in [1.82, 2.24) is 4.98 Å². The molecule has 6 nitrogen and oxygen atoms in total. The zero-order valence-electron chi connectivity index (χ0n) is 15.8. The molecular weight excluding hydrogens is 433 g/mol. The average molecular weight is 448 g/mol. The summed E-state index contributed by atoms with van der Waals surface area (Å²) in [6, 6.07) is 11.4. The average Bonchev–Trinajstić information content (AvgIpc) is 3.20. The van der Waals surface area contributed by atoms with Crippen LogP contribution in [0, 0.1) is 5.82 Å². The Morgan fingerprint density at radius 1 is 1.10 bits per heavy atom. The SMILES string of the molecule is O=C(COC(=O)/C=C/c1ccc(OC(F)F)cc1)Nc1nc(-c2ccc(F)cc2)cs1. The van der Waals surface area contributed by atoms with Gasteiger partial charge in [-0.2, -0.15) is 8.78 Å². The van der Waals surface area contributed by atoms with Gasteiger partial charge in [-0.25, -0.2) is 14.2 Å². The van der Waals surface area contributed by atoms with Crippen molar-refractivity contribution in [2.24, 2.45) is 0 Å². The minimum atomic E-state index is -2.92. The Hall–Kier alpha value is -3.66. The number of rotatable bonds is 8. The van der Waals surface area contributed by atoms with Gasteiger partial charge < -0.3 is 9.47 Å². The Bertz CT molecular complexity index is 1070. The Balaban J connectivity index is 1.45. The topological polar surface area (TPSA) is 77.5 Å². The number of hydrogen-bond donors (Lipinski definition) is 1. The summed E-state index contributed by atoms with van der Waals surface area (Å²) in [5.74, 6) is -1.69. The summed E-state index contributed by atoms with van der Waals surface area (Å²) in [7, 11) is 0. The van der Waals surface area contributed by atoms with Crippen LogP contribution in [0.1, 0.15) is 5.56 Å². The maximum absolute atomic E-state index is 13.0. The number of carbonyl (C=O) groups excluding carboxylic acids is 2. The van der Waals surface area contributed by atoms with Crippen LogP contribution < -0.4 is 10.1 Å². The minimum Gasteiger partial charge on any atom is -0.452 e. The molecule has 31 heavy (non-hydrogen) atoms. The van der Waals surface area contributed by atoms with Crippen LogP contribution in [0.5, 0.6) is 5.75 Å². The van der Waals surface area contributed by atoms with E-state index in [1.807, 2.05) is 0 Å². The molecule has 1 aromatic heterocycles. The number of nitrogens with zero attached hydrogens (tertiary/aromatic N) is 1. The second kappa shape index (κ2) is 10.4. The van der Waals surface area contributed by atoms with Crippen LogP contribution in [0.15, 0.2) is 60.0 Å². The highest BCUT2D eigenvalue weighted by atomic mass is 32.1. The lowest BCUT2D eigenvalue weighted by molar-refractivity contribution is -0.142. The predicted octanol–water partition coefficient (Wildman–Crippen LogP) is 4.75. The Morgan fingerprint density at radius 2 is 1.81 bits per heavy atom. The van der Waals surface area contributed by atoms with Crippen molar-refractivity contribution in [3.05, 3.63) is 71.4 Å². The molecule has 10 heteroatoms. The Morgan fingerprint density at radius 3 is 2.48 bits per heavy atom. The quantitative estimate of drug-likeness (QED) is 0.398. The van der Waals surface area contributed by atoms with Crippen LogP contribution >= 0.6 is 11.3 Å². The number of aromatic nitrogens is 1. The first-order chi connectivity index (χ1) is 14.9. The van der Waals surface area contributed by atoms with Crippen molar-refractivity contribution >= 4 is 34.4 Å². The molecule has 0 aliphatic carbocycles. The summed E-state index contributed by atoms with van der Waals surface area (Å²) in [6.07, 6.45) is 2.51. The van der Waals surface area contributed by atoms with Gasteiger partial charge >= 0.3 is 12.6 Å². The molecule has 0 spiro atoms. The van der Waals surface area contributed by atoms with Crippen molar-refractivity contribution in [2.45, 2.75) is 6.61 Å². The zero-order valence-corrected chi connectivity index (χ0v) is 16.6. The van der Waals surface area contributed by atoms with Crippen molar-refractivity contribution in [2.75, 3.05) is 11.9 Å². The molecule has 0 saturated carbocycles. The number of alkyl halides is 2. The highest BCUT2D eigenvalue weighted by molar-refractivity contribution is 7.14. The fourth-order valence-corrected chi connectivity index (χ4v) is 3.09. The van der Waals surface area contributed by atoms with E-state index in [4.69, 9.17) is 4.74 Å². The molecule has 1 heterocycles. The molecular formula is C21H15F3N2O4S. The molecule has 0 unspecified atom stereocenters. The fourth-order valence-electron chi connectivity index (χ4n) is 2.35. The lowest BCUT2D eigenvalue weighted by Crippen LogP contribution is -2.20. The lowest BCUT2D eigenvalue weighted by Gasteiger charge is -2.04. The van der Waals surface area contributed by atoms with Crippen LogP contribution in [0.4, 0.5) is 18.3 Å². The van der Waals surface area contributed by atoms with E-state index in [1.165, 1.54) is 53.8 Å². The van der Waals surface area contributed by atoms with E-state index in [2.05, 4.69) is 15.0 Å². The first-order valence-electron chi connectivity index (χ1n) is 8.80. The molecule has 1 N–H and O–H groups in total. The summed E-state index contributed by atoms with van der Waals surface area (Å²) in [5.41, 5.74) is 1.83. The van der Waals surface area contributed by atoms with E-state index in [-0.39, 0.29) is 11.6 Å². The number of halogens is 3. The Labute approximate surface area is 179 Å². The van der Waals surface area contributed by atoms with Crippen LogP contribution in [0.2, 0.25) is 0 Å². The van der Waals surface area contributed by atoms with Crippen molar-refractivity contribution in [3.63, 3.8) is 0 Å². The van der Waals surface area contributed by atoms with Crippen molar-refractivity contribution < 1.29 is 32.2 Å². The van der Waals surface area contributed by atoms with Gasteiger partial charge in [0.1, 0.15) is 11.6 Å². The third-order valence-electron chi connectivity index (χ3n) is 3.75. The van der Waals surface area contributed by atoms with Crippen LogP contribution in [0.3, 0.4) is 0 Å². The Kier molecular flexibility index (Phi) is 7.39. The molecule has 0 radical (unpaired) electrons. The van der Waals surface area contributed by atoms with Gasteiger partial charge in [0, 0.05) is 17.0 Å². The second-order valence-corrected chi connectivity index (χ2v) is 6.84. The van der Waals surface area contributed by atoms with Gasteiger partial charge in [0.15, 0.2) is 11.7 Å². The van der Waals surface area contributed by atoms with Gasteiger partial charge in [0.2, 0.25) is 0 Å². The molecule has 0 saturated heterocycles. The summed E-state index contributed by atoms with van der Waals surface area (Å²) in [4.78, 5) is 27.9. The van der Waals surface area contributed by atoms with E-state index >= 15 is 0 Å². The third-order valence-corrected chi connectivity index (χ3v) is 4.51. The fraction of sp³-hybridized carbons (Fsp3) is 0.0952. The van der Waals surface area contributed by atoms with Crippen LogP contribution in [-0.4, -0.2) is 30.1 Å². The molecule has 0 aliphatic heterocycles. The monoisotopic (exact) mass is 448 g/mol. The number of benzene rings is 2. The predicted molar refractivity (Wildman–Crippen MR) is 109 cm³/mol. The summed E-state index contributed by atoms with van der Waals surface area (Å²) in [5, 5.41) is 4.52. The second-order valence-electron chi connectivity index (χ2n) is 5.98. The lowest BCUT2D eigenvalue weighted by atomic mass is 10.2. The van der Waals surface area contributed by atoms with E-state index in [1.54, 1.807) is 17.5 Å². The van der Waals surface area contributed by atoms with Gasteiger partial charge in [0.25, 0.3) is 5.91 Å². The van der Waals surface area contributed by atoms with Crippen LogP contribution in [0.25, 0.3) is 17.3 Å². The maximum Gasteiger partial charge on any atom is 0.387 e. The first kappa shape index (κ1) is 22.0. The first-order valence-corrected chi connectivity index (χ1v) is 9.68. The molecule has 0 fully saturated rings. The van der Waals surface area contributed by atoms with Gasteiger partial charge in [-0.15, -0.1) is 11.3 Å². The van der Waals surface area contributed by atoms with Crippen molar-refractivity contribution in [3.8, 4) is 17.0 Å². The van der Waals surface area contributed by atoms with Gasteiger partial charge in [-0.1, -0.05) is 12.1 Å². The molecule has 3 rings (SSSR count). The number of carbonyl (C=O) groups is 2. The molecule has 0 atom stereocenters. The molecule has 160 valence electrons. The highest BCUT2D eigenvalue weighted by Gasteiger charge is 2.10. The smallest absolute Gasteiger partial charge is 0.387 e. The maximum atomic E-state index is 13.0. The molecule has 0 aliphatic rings. The molecule has 2 aromatic carbocycles. The van der Waals surface area contributed by atoms with E-state index < -0.39 is 25.1 Å². The van der Waals surface area contributed by atoms with Crippen LogP contribution in [-0.2, 0) is 14.3 Å². The van der Waals surface area contributed by atoms with E-state index in [9.17, 15) is 22.8 Å². The number of anilines is 1. The van der Waals surface area contributed by atoms with E-state index in [0.29, 0.717) is 22.0 Å². The minimum absolute atomic E-state index is 0.00355. The summed E-state index contributed by atoms with van der Waals surface area (Å²) >= 11 is 1.17. The third kappa shape index (κ3) is 6.96. The van der Waals surface area contributed by atoms with Crippen molar-refractivity contribution in [1.29, 1.82) is 0 Å².